The van der Waals surface area contributed by atoms with Crippen molar-refractivity contribution in [1.29, 1.82) is 0 Å². The Morgan fingerprint density at radius 2 is 1.95 bits per heavy atom. The largest absolute Gasteiger partial charge is 0.331 e. The number of nitrogens with zero attached hydrogens (tertiary/aromatic N) is 2. The highest BCUT2D eigenvalue weighted by Crippen LogP contribution is 2.12. The van der Waals surface area contributed by atoms with E-state index in [1.54, 1.807) is 18.6 Å². The number of anilines is 1. The first kappa shape index (κ1) is 13.2. The van der Waals surface area contributed by atoms with Gasteiger partial charge in [-0.25, -0.2) is 0 Å². The predicted molar refractivity (Wildman–Crippen MR) is 82.4 cm³/mol. The minimum absolute atomic E-state index is 0.458. The molecule has 0 atom stereocenters. The van der Waals surface area contributed by atoms with Crippen LogP contribution in [-0.4, -0.2) is 16.3 Å². The number of para-hydroxylation sites is 1. The zero-order valence-electron chi connectivity index (χ0n) is 10.5. The van der Waals surface area contributed by atoms with Gasteiger partial charge < -0.3 is 5.32 Å². The van der Waals surface area contributed by atoms with E-state index in [1.807, 2.05) is 43.3 Å². The number of hydrogen-bond donors (Lipinski definition) is 2. The molecule has 5 heteroatoms. The normalized spacial score (nSPS) is 10.4. The van der Waals surface area contributed by atoms with E-state index in [0.717, 1.165) is 16.8 Å². The SMILES string of the molecule is Cc1ccccc1NC(=S)N/N=C\c1ccncc1. The van der Waals surface area contributed by atoms with E-state index in [2.05, 4.69) is 20.8 Å². The molecule has 2 rings (SSSR count). The molecule has 2 aromatic rings. The van der Waals surface area contributed by atoms with Crippen molar-refractivity contribution >= 4 is 29.2 Å². The van der Waals surface area contributed by atoms with Crippen molar-refractivity contribution in [3.63, 3.8) is 0 Å². The smallest absolute Gasteiger partial charge is 0.191 e. The summed E-state index contributed by atoms with van der Waals surface area (Å²) in [4.78, 5) is 3.93. The Bertz CT molecular complexity index is 581. The first-order chi connectivity index (χ1) is 9.25. The van der Waals surface area contributed by atoms with Gasteiger partial charge in [-0.2, -0.15) is 5.10 Å². The van der Waals surface area contributed by atoms with E-state index in [4.69, 9.17) is 12.2 Å². The third kappa shape index (κ3) is 4.15. The lowest BCUT2D eigenvalue weighted by Crippen LogP contribution is -2.24. The Balaban J connectivity index is 1.89. The van der Waals surface area contributed by atoms with E-state index >= 15 is 0 Å². The number of nitrogens with one attached hydrogen (secondary N) is 2. The van der Waals surface area contributed by atoms with Crippen molar-refractivity contribution in [1.82, 2.24) is 10.4 Å². The summed E-state index contributed by atoms with van der Waals surface area (Å²) in [7, 11) is 0. The lowest BCUT2D eigenvalue weighted by molar-refractivity contribution is 1.05. The van der Waals surface area contributed by atoms with Gasteiger partial charge in [-0.1, -0.05) is 18.2 Å². The van der Waals surface area contributed by atoms with Crippen LogP contribution < -0.4 is 10.7 Å². The van der Waals surface area contributed by atoms with Crippen molar-refractivity contribution in [3.8, 4) is 0 Å². The highest BCUT2D eigenvalue weighted by Gasteiger charge is 1.98. The van der Waals surface area contributed by atoms with Crippen LogP contribution in [-0.2, 0) is 0 Å². The highest BCUT2D eigenvalue weighted by atomic mass is 32.1. The van der Waals surface area contributed by atoms with Gasteiger partial charge in [-0.3, -0.25) is 10.4 Å². The quantitative estimate of drug-likeness (QED) is 0.511. The molecular weight excluding hydrogens is 256 g/mol. The third-order valence-electron chi connectivity index (χ3n) is 2.48. The molecule has 0 saturated heterocycles. The van der Waals surface area contributed by atoms with Crippen LogP contribution in [0.1, 0.15) is 11.1 Å². The Kier molecular flexibility index (Phi) is 4.58. The first-order valence-corrected chi connectivity index (χ1v) is 6.22. The van der Waals surface area contributed by atoms with Crippen LogP contribution in [0.5, 0.6) is 0 Å². The fourth-order valence-corrected chi connectivity index (χ4v) is 1.64. The van der Waals surface area contributed by atoms with Gasteiger partial charge in [0.05, 0.1) is 6.21 Å². The molecule has 0 spiro atoms. The van der Waals surface area contributed by atoms with Crippen molar-refractivity contribution in [2.75, 3.05) is 5.32 Å². The van der Waals surface area contributed by atoms with Gasteiger partial charge in [0.25, 0.3) is 0 Å². The lowest BCUT2D eigenvalue weighted by atomic mass is 10.2. The second kappa shape index (κ2) is 6.61. The summed E-state index contributed by atoms with van der Waals surface area (Å²) in [6, 6.07) is 11.7. The number of hydrogen-bond acceptors (Lipinski definition) is 3. The van der Waals surface area contributed by atoms with Gasteiger partial charge in [0.15, 0.2) is 5.11 Å². The molecule has 0 unspecified atom stereocenters. The molecule has 0 fully saturated rings. The Hall–Kier alpha value is -2.27. The molecule has 96 valence electrons. The van der Waals surface area contributed by atoms with Gasteiger partial charge in [0.1, 0.15) is 0 Å². The van der Waals surface area contributed by atoms with E-state index in [-0.39, 0.29) is 0 Å². The minimum Gasteiger partial charge on any atom is -0.331 e. The molecule has 0 radical (unpaired) electrons. The van der Waals surface area contributed by atoms with Gasteiger partial charge in [0.2, 0.25) is 0 Å². The molecule has 0 bridgehead atoms. The number of thiocarbonyl (C=S) groups is 1. The summed E-state index contributed by atoms with van der Waals surface area (Å²) < 4.78 is 0. The molecule has 19 heavy (non-hydrogen) atoms. The number of aromatic nitrogens is 1. The zero-order valence-corrected chi connectivity index (χ0v) is 11.3. The van der Waals surface area contributed by atoms with E-state index in [9.17, 15) is 0 Å². The number of rotatable bonds is 3. The molecule has 0 aliphatic carbocycles. The van der Waals surface area contributed by atoms with Gasteiger partial charge >= 0.3 is 0 Å². The monoisotopic (exact) mass is 270 g/mol. The van der Waals surface area contributed by atoms with E-state index in [1.165, 1.54) is 0 Å². The number of aryl methyl sites for hydroxylation is 1. The molecule has 1 heterocycles. The van der Waals surface area contributed by atoms with Crippen LogP contribution in [0, 0.1) is 6.92 Å². The fraction of sp³-hybridized carbons (Fsp3) is 0.0714. The molecule has 1 aromatic heterocycles. The molecule has 2 N–H and O–H groups in total. The Morgan fingerprint density at radius 1 is 1.21 bits per heavy atom. The molecule has 4 nitrogen and oxygen atoms in total. The standard InChI is InChI=1S/C14H14N4S/c1-11-4-2-3-5-13(11)17-14(19)18-16-10-12-6-8-15-9-7-12/h2-10H,1H3,(H2,17,18,19)/b16-10-. The lowest BCUT2D eigenvalue weighted by Gasteiger charge is -2.09. The summed E-state index contributed by atoms with van der Waals surface area (Å²) in [5.41, 5.74) is 5.84. The number of hydrazone groups is 1. The van der Waals surface area contributed by atoms with Crippen molar-refractivity contribution in [2.45, 2.75) is 6.92 Å². The van der Waals surface area contributed by atoms with Crippen LogP contribution in [0.25, 0.3) is 0 Å². The topological polar surface area (TPSA) is 49.3 Å². The van der Waals surface area contributed by atoms with Crippen LogP contribution in [0.4, 0.5) is 5.69 Å². The maximum atomic E-state index is 5.16. The average molecular weight is 270 g/mol. The zero-order chi connectivity index (χ0) is 13.5. The summed E-state index contributed by atoms with van der Waals surface area (Å²) in [6.45, 7) is 2.02. The average Bonchev–Trinajstić information content (AvgIpc) is 2.43. The Labute approximate surface area is 117 Å². The Morgan fingerprint density at radius 3 is 2.68 bits per heavy atom. The summed E-state index contributed by atoms with van der Waals surface area (Å²) in [5, 5.41) is 7.61. The maximum Gasteiger partial charge on any atom is 0.191 e. The van der Waals surface area contributed by atoms with Crippen molar-refractivity contribution in [2.24, 2.45) is 5.10 Å². The minimum atomic E-state index is 0.458. The third-order valence-corrected chi connectivity index (χ3v) is 2.67. The molecule has 0 aliphatic rings. The van der Waals surface area contributed by atoms with Crippen LogP contribution in [0.3, 0.4) is 0 Å². The highest BCUT2D eigenvalue weighted by molar-refractivity contribution is 7.80. The van der Waals surface area contributed by atoms with Gasteiger partial charge in [0, 0.05) is 18.1 Å². The molecule has 1 aromatic carbocycles. The number of benzene rings is 1. The molecule has 0 aliphatic heterocycles. The van der Waals surface area contributed by atoms with E-state index < -0.39 is 0 Å². The summed E-state index contributed by atoms with van der Waals surface area (Å²) >= 11 is 5.16. The van der Waals surface area contributed by atoms with Crippen LogP contribution in [0.2, 0.25) is 0 Å². The van der Waals surface area contributed by atoms with Crippen molar-refractivity contribution < 1.29 is 0 Å². The van der Waals surface area contributed by atoms with Crippen LogP contribution in [0.15, 0.2) is 53.9 Å². The first-order valence-electron chi connectivity index (χ1n) is 5.81. The fourth-order valence-electron chi connectivity index (χ4n) is 1.48. The summed E-state index contributed by atoms with van der Waals surface area (Å²) in [5.74, 6) is 0. The second-order valence-electron chi connectivity index (χ2n) is 3.92. The number of pyridine rings is 1. The van der Waals surface area contributed by atoms with E-state index in [0.29, 0.717) is 5.11 Å². The predicted octanol–water partition coefficient (Wildman–Crippen LogP) is 2.71. The second-order valence-corrected chi connectivity index (χ2v) is 4.33. The molecular formula is C14H14N4S. The molecule has 0 saturated carbocycles. The van der Waals surface area contributed by atoms with Crippen LogP contribution >= 0.6 is 12.2 Å². The van der Waals surface area contributed by atoms with Crippen molar-refractivity contribution in [3.05, 3.63) is 59.9 Å². The maximum absolute atomic E-state index is 5.16. The molecule has 0 amide bonds. The summed E-state index contributed by atoms with van der Waals surface area (Å²) in [6.07, 6.45) is 5.12. The van der Waals surface area contributed by atoms with Gasteiger partial charge in [-0.05, 0) is 48.5 Å². The van der Waals surface area contributed by atoms with Gasteiger partial charge in [-0.15, -0.1) is 0 Å².